The van der Waals surface area contributed by atoms with Gasteiger partial charge in [-0.1, -0.05) is 24.3 Å². The molecule has 12 heavy (non-hydrogen) atoms. The van der Waals surface area contributed by atoms with E-state index in [1.54, 1.807) is 12.2 Å². The van der Waals surface area contributed by atoms with Gasteiger partial charge in [-0.05, 0) is 12.2 Å². The molecular weight excluding hydrogens is 148 g/mol. The highest BCUT2D eigenvalue weighted by Crippen LogP contribution is 2.15. The molecule has 0 saturated heterocycles. The van der Waals surface area contributed by atoms with Crippen molar-refractivity contribution in [3.63, 3.8) is 0 Å². The Morgan fingerprint density at radius 2 is 1.17 bits per heavy atom. The fourth-order valence-corrected chi connectivity index (χ4v) is 1.30. The summed E-state index contributed by atoms with van der Waals surface area (Å²) < 4.78 is 0. The molecule has 2 N–H and O–H groups in total. The van der Waals surface area contributed by atoms with Crippen molar-refractivity contribution in [1.29, 1.82) is 10.8 Å². The third-order valence-electron chi connectivity index (χ3n) is 1.92. The lowest BCUT2D eigenvalue weighted by Gasteiger charge is -2.11. The Morgan fingerprint density at radius 3 is 1.58 bits per heavy atom. The number of nitrogens with one attached hydrogen (secondary N) is 2. The maximum Gasteiger partial charge on any atom is 0.0619 e. The highest BCUT2D eigenvalue weighted by atomic mass is 14.5. The first kappa shape index (κ1) is 6.98. The van der Waals surface area contributed by atoms with Crippen LogP contribution in [-0.4, -0.2) is 11.4 Å². The van der Waals surface area contributed by atoms with Crippen LogP contribution in [0.5, 0.6) is 0 Å². The number of hydrogen-bond acceptors (Lipinski definition) is 2. The van der Waals surface area contributed by atoms with E-state index in [0.29, 0.717) is 11.4 Å². The van der Waals surface area contributed by atoms with Gasteiger partial charge in [0, 0.05) is 11.1 Å². The van der Waals surface area contributed by atoms with Gasteiger partial charge < -0.3 is 10.8 Å². The average molecular weight is 156 g/mol. The van der Waals surface area contributed by atoms with E-state index >= 15 is 0 Å². The minimum absolute atomic E-state index is 0.488. The average Bonchev–Trinajstić information content (AvgIpc) is 2.12. The summed E-state index contributed by atoms with van der Waals surface area (Å²) in [4.78, 5) is 0. The largest absolute Gasteiger partial charge is 0.300 e. The third kappa shape index (κ3) is 0.889. The highest BCUT2D eigenvalue weighted by Gasteiger charge is 2.11. The van der Waals surface area contributed by atoms with Gasteiger partial charge in [-0.25, -0.2) is 0 Å². The zero-order valence-corrected chi connectivity index (χ0v) is 6.46. The number of benzene rings is 1. The van der Waals surface area contributed by atoms with Gasteiger partial charge in [-0.3, -0.25) is 0 Å². The van der Waals surface area contributed by atoms with E-state index in [1.165, 1.54) is 0 Å². The molecule has 0 spiro atoms. The van der Waals surface area contributed by atoms with Crippen molar-refractivity contribution in [2.45, 2.75) is 0 Å². The van der Waals surface area contributed by atoms with Crippen LogP contribution >= 0.6 is 0 Å². The first-order valence-electron chi connectivity index (χ1n) is 3.74. The van der Waals surface area contributed by atoms with Crippen LogP contribution in [0.25, 0.3) is 0 Å². The minimum atomic E-state index is 0.488. The van der Waals surface area contributed by atoms with Crippen molar-refractivity contribution in [2.24, 2.45) is 0 Å². The van der Waals surface area contributed by atoms with Gasteiger partial charge in [0.15, 0.2) is 0 Å². The molecule has 0 aromatic heterocycles. The fraction of sp³-hybridized carbons (Fsp3) is 0. The maximum absolute atomic E-state index is 7.58. The molecule has 2 rings (SSSR count). The molecular formula is C10H8N2. The summed E-state index contributed by atoms with van der Waals surface area (Å²) in [5.74, 6) is 0. The zero-order chi connectivity index (χ0) is 8.55. The van der Waals surface area contributed by atoms with Gasteiger partial charge in [0.25, 0.3) is 0 Å². The van der Waals surface area contributed by atoms with E-state index in [1.807, 2.05) is 24.3 Å². The first-order chi connectivity index (χ1) is 5.79. The molecule has 0 heterocycles. The van der Waals surface area contributed by atoms with Crippen molar-refractivity contribution in [1.82, 2.24) is 0 Å². The second-order valence-electron chi connectivity index (χ2n) is 2.71. The van der Waals surface area contributed by atoms with Gasteiger partial charge in [-0.2, -0.15) is 0 Å². The van der Waals surface area contributed by atoms with Gasteiger partial charge in [0.05, 0.1) is 11.4 Å². The van der Waals surface area contributed by atoms with Crippen LogP contribution in [-0.2, 0) is 0 Å². The quantitative estimate of drug-likeness (QED) is 0.577. The lowest BCUT2D eigenvalue weighted by atomic mass is 9.94. The topological polar surface area (TPSA) is 47.7 Å². The molecule has 2 heteroatoms. The Balaban J connectivity index is 2.69. The van der Waals surface area contributed by atoms with Crippen LogP contribution in [0.2, 0.25) is 0 Å². The van der Waals surface area contributed by atoms with Crippen molar-refractivity contribution in [2.75, 3.05) is 0 Å². The monoisotopic (exact) mass is 156 g/mol. The standard InChI is InChI=1S/C10H8N2/c11-9-5-6-10(12)8-4-2-1-3-7(8)9/h1-6,11-12H. The van der Waals surface area contributed by atoms with Gasteiger partial charge in [-0.15, -0.1) is 0 Å². The Labute approximate surface area is 70.6 Å². The number of fused-ring (bicyclic) bond motifs is 1. The van der Waals surface area contributed by atoms with Gasteiger partial charge in [0.2, 0.25) is 0 Å². The van der Waals surface area contributed by atoms with E-state index in [0.717, 1.165) is 11.1 Å². The second kappa shape index (κ2) is 2.41. The first-order valence-corrected chi connectivity index (χ1v) is 3.74. The fourth-order valence-electron chi connectivity index (χ4n) is 1.30. The Bertz CT molecular complexity index is 352. The maximum atomic E-state index is 7.58. The van der Waals surface area contributed by atoms with E-state index in [4.69, 9.17) is 10.8 Å². The van der Waals surface area contributed by atoms with E-state index in [-0.39, 0.29) is 0 Å². The molecule has 1 aromatic rings. The van der Waals surface area contributed by atoms with Crippen molar-refractivity contribution >= 4 is 11.4 Å². The summed E-state index contributed by atoms with van der Waals surface area (Å²) in [7, 11) is 0. The summed E-state index contributed by atoms with van der Waals surface area (Å²) in [5, 5.41) is 15.2. The second-order valence-corrected chi connectivity index (χ2v) is 2.71. The molecule has 58 valence electrons. The summed E-state index contributed by atoms with van der Waals surface area (Å²) >= 11 is 0. The molecule has 0 atom stereocenters. The van der Waals surface area contributed by atoms with Crippen LogP contribution in [0.1, 0.15) is 11.1 Å². The van der Waals surface area contributed by atoms with E-state index in [2.05, 4.69) is 0 Å². The molecule has 0 amide bonds. The van der Waals surface area contributed by atoms with Crippen LogP contribution in [0.3, 0.4) is 0 Å². The van der Waals surface area contributed by atoms with Crippen LogP contribution < -0.4 is 0 Å². The molecule has 0 bridgehead atoms. The summed E-state index contributed by atoms with van der Waals surface area (Å²) in [6.45, 7) is 0. The van der Waals surface area contributed by atoms with Crippen molar-refractivity contribution in [3.05, 3.63) is 47.5 Å². The van der Waals surface area contributed by atoms with E-state index in [9.17, 15) is 0 Å². The number of rotatable bonds is 0. The molecule has 0 saturated carbocycles. The molecule has 0 radical (unpaired) electrons. The molecule has 0 aliphatic heterocycles. The molecule has 2 nitrogen and oxygen atoms in total. The minimum Gasteiger partial charge on any atom is -0.300 e. The summed E-state index contributed by atoms with van der Waals surface area (Å²) in [6, 6.07) is 7.52. The van der Waals surface area contributed by atoms with Crippen LogP contribution in [0, 0.1) is 10.8 Å². The summed E-state index contributed by atoms with van der Waals surface area (Å²) in [6.07, 6.45) is 3.31. The predicted octanol–water partition coefficient (Wildman–Crippen LogP) is 1.99. The van der Waals surface area contributed by atoms with Crippen LogP contribution in [0.15, 0.2) is 36.4 Å². The Morgan fingerprint density at radius 1 is 0.750 bits per heavy atom. The third-order valence-corrected chi connectivity index (χ3v) is 1.92. The van der Waals surface area contributed by atoms with Gasteiger partial charge in [0.1, 0.15) is 0 Å². The smallest absolute Gasteiger partial charge is 0.0619 e. The Hall–Kier alpha value is -1.70. The Kier molecular flexibility index (Phi) is 1.40. The van der Waals surface area contributed by atoms with E-state index < -0.39 is 0 Å². The van der Waals surface area contributed by atoms with Crippen molar-refractivity contribution in [3.8, 4) is 0 Å². The lowest BCUT2D eigenvalue weighted by molar-refractivity contribution is 1.43. The predicted molar refractivity (Wildman–Crippen MR) is 49.2 cm³/mol. The normalized spacial score (nSPS) is 14.7. The number of allylic oxidation sites excluding steroid dienone is 2. The SMILES string of the molecule is N=C1C=CC(=N)c2ccccc21. The zero-order valence-electron chi connectivity index (χ0n) is 6.46. The summed E-state index contributed by atoms with van der Waals surface area (Å²) in [5.41, 5.74) is 2.68. The highest BCUT2D eigenvalue weighted by molar-refractivity contribution is 6.23. The molecule has 1 aliphatic rings. The molecule has 0 unspecified atom stereocenters. The molecule has 1 aromatic carbocycles. The molecule has 0 fully saturated rings. The molecule has 1 aliphatic carbocycles. The lowest BCUT2D eigenvalue weighted by Crippen LogP contribution is -2.10. The van der Waals surface area contributed by atoms with Gasteiger partial charge >= 0.3 is 0 Å². The van der Waals surface area contributed by atoms with Crippen LogP contribution in [0.4, 0.5) is 0 Å². The van der Waals surface area contributed by atoms with Crippen molar-refractivity contribution < 1.29 is 0 Å². The number of hydrogen-bond donors (Lipinski definition) is 2.